The van der Waals surface area contributed by atoms with Crippen LogP contribution in [0, 0.1) is 68.0 Å². The summed E-state index contributed by atoms with van der Waals surface area (Å²) in [6, 6.07) is 71.9. The molecule has 0 N–H and O–H groups in total. The Labute approximate surface area is 354 Å². The van der Waals surface area contributed by atoms with Crippen LogP contribution in [0.2, 0.25) is 0 Å². The number of rotatable bonds is 11. The van der Waals surface area contributed by atoms with Crippen LogP contribution >= 0.6 is 0 Å². The average molecular weight is 782 g/mol. The maximum absolute atomic E-state index is 9.92. The molecule has 0 amide bonds. The van der Waals surface area contributed by atoms with Gasteiger partial charge in [-0.15, -0.1) is 0 Å². The van der Waals surface area contributed by atoms with Gasteiger partial charge in [0, 0.05) is 34.1 Å². The first-order valence-electron chi connectivity index (χ1n) is 18.9. The van der Waals surface area contributed by atoms with Crippen molar-refractivity contribution in [3.63, 3.8) is 0 Å². The highest BCUT2D eigenvalue weighted by Gasteiger charge is 2.23. The molecule has 284 valence electrons. The van der Waals surface area contributed by atoms with Gasteiger partial charge in [0.05, 0.1) is 28.2 Å². The monoisotopic (exact) mass is 781 g/mol. The van der Waals surface area contributed by atoms with E-state index in [1.165, 1.54) is 0 Å². The van der Waals surface area contributed by atoms with E-state index in [1.807, 2.05) is 158 Å². The molecule has 61 heavy (non-hydrogen) atoms. The molecule has 7 aromatic carbocycles. The fraction of sp³-hybridized carbons (Fsp3) is 0. The average Bonchev–Trinajstić information content (AvgIpc) is 3.32. The van der Waals surface area contributed by atoms with Crippen molar-refractivity contribution in [3.8, 4) is 36.4 Å². The lowest BCUT2D eigenvalue weighted by Gasteiger charge is -2.33. The lowest BCUT2D eigenvalue weighted by atomic mass is 10.0. The van der Waals surface area contributed by atoms with E-state index in [9.17, 15) is 31.6 Å². The Hall–Kier alpha value is -9.64. The van der Waals surface area contributed by atoms with E-state index in [4.69, 9.17) is 0 Å². The van der Waals surface area contributed by atoms with Crippen molar-refractivity contribution in [2.24, 2.45) is 0 Å². The fourth-order valence-electron chi connectivity index (χ4n) is 6.97. The largest absolute Gasteiger partial charge is 0.310 e. The van der Waals surface area contributed by atoms with Gasteiger partial charge in [0.1, 0.15) is 47.6 Å². The third-order valence-electron chi connectivity index (χ3n) is 9.72. The highest BCUT2D eigenvalue weighted by Crippen LogP contribution is 2.46. The lowest BCUT2D eigenvalue weighted by molar-refractivity contribution is 1.22. The molecule has 0 radical (unpaired) electrons. The van der Waals surface area contributed by atoms with Crippen LogP contribution in [0.3, 0.4) is 0 Å². The van der Waals surface area contributed by atoms with Crippen molar-refractivity contribution >= 4 is 62.3 Å². The molecule has 0 aliphatic heterocycles. The Kier molecular flexibility index (Phi) is 12.0. The van der Waals surface area contributed by atoms with E-state index in [2.05, 4.69) is 57.2 Å². The standard InChI is InChI=1S/C52H31N9/c53-32-40(33-54)51(36-57)38-21-25-46(26-22-38)60(44-17-9-3-10-18-44)49-29-48(59(42-13-5-1-6-14-42)43-15-7-2-8-16-43)30-50(31-49)61(45-19-11-4-12-20-45)47-27-23-39(24-28-47)52(37-58)41(34-55)35-56/h1-31H. The molecule has 0 saturated carbocycles. The summed E-state index contributed by atoms with van der Waals surface area (Å²) in [6.07, 6.45) is 0. The first kappa shape index (κ1) is 39.6. The van der Waals surface area contributed by atoms with E-state index < -0.39 is 0 Å². The maximum Gasteiger partial charge on any atom is 0.148 e. The minimum Gasteiger partial charge on any atom is -0.310 e. The Morgan fingerprint density at radius 2 is 0.492 bits per heavy atom. The SMILES string of the molecule is N#CC(C#N)=C(C#N)c1ccc(N(c2ccccc2)c2cc(N(c3ccccc3)c3ccccc3)cc(N(c3ccccc3)c3ccc(C(C#N)=C(C#N)C#N)cc3)c2)cc1. The second-order valence-electron chi connectivity index (χ2n) is 13.3. The number of anilines is 9. The van der Waals surface area contributed by atoms with Crippen LogP contribution in [0.5, 0.6) is 0 Å². The topological polar surface area (TPSA) is 152 Å². The Balaban J connectivity index is 1.51. The minimum atomic E-state index is -0.265. The lowest BCUT2D eigenvalue weighted by Crippen LogP contribution is -2.16. The molecule has 7 aromatic rings. The van der Waals surface area contributed by atoms with Gasteiger partial charge in [-0.05, 0) is 102 Å². The van der Waals surface area contributed by atoms with Crippen LogP contribution in [-0.2, 0) is 0 Å². The van der Waals surface area contributed by atoms with Crippen LogP contribution in [0.25, 0.3) is 11.1 Å². The summed E-state index contributed by atoms with van der Waals surface area (Å²) in [5, 5.41) is 58.1. The number of nitriles is 6. The highest BCUT2D eigenvalue weighted by molar-refractivity contribution is 5.91. The summed E-state index contributed by atoms with van der Waals surface area (Å²) in [7, 11) is 0. The van der Waals surface area contributed by atoms with Crippen molar-refractivity contribution in [2.75, 3.05) is 14.7 Å². The smallest absolute Gasteiger partial charge is 0.148 e. The predicted octanol–water partition coefficient (Wildman–Crippen LogP) is 12.7. The van der Waals surface area contributed by atoms with E-state index in [0.717, 1.165) is 51.2 Å². The number of nitrogens with zero attached hydrogens (tertiary/aromatic N) is 9. The molecule has 0 bridgehead atoms. The molecule has 0 saturated heterocycles. The predicted molar refractivity (Wildman–Crippen MR) is 238 cm³/mol. The van der Waals surface area contributed by atoms with E-state index in [-0.39, 0.29) is 22.3 Å². The molecule has 0 aliphatic rings. The molecule has 0 unspecified atom stereocenters. The van der Waals surface area contributed by atoms with E-state index in [0.29, 0.717) is 11.1 Å². The molecule has 0 fully saturated rings. The van der Waals surface area contributed by atoms with Gasteiger partial charge in [-0.1, -0.05) is 97.1 Å². The minimum absolute atomic E-state index is 0.00756. The summed E-state index contributed by atoms with van der Waals surface area (Å²) in [5.41, 5.74) is 7.72. The molecule has 0 heterocycles. The Morgan fingerprint density at radius 1 is 0.262 bits per heavy atom. The van der Waals surface area contributed by atoms with Crippen LogP contribution in [0.15, 0.2) is 199 Å². The van der Waals surface area contributed by atoms with Crippen molar-refractivity contribution in [1.82, 2.24) is 0 Å². The zero-order valence-corrected chi connectivity index (χ0v) is 32.4. The zero-order valence-electron chi connectivity index (χ0n) is 32.4. The molecule has 0 spiro atoms. The van der Waals surface area contributed by atoms with Crippen molar-refractivity contribution < 1.29 is 0 Å². The maximum atomic E-state index is 9.92. The fourth-order valence-corrected chi connectivity index (χ4v) is 6.97. The highest BCUT2D eigenvalue weighted by atomic mass is 15.2. The molecule has 9 heteroatoms. The quantitative estimate of drug-likeness (QED) is 0.117. The van der Waals surface area contributed by atoms with E-state index in [1.54, 1.807) is 24.3 Å². The van der Waals surface area contributed by atoms with Crippen LogP contribution in [-0.4, -0.2) is 0 Å². The van der Waals surface area contributed by atoms with Gasteiger partial charge in [-0.2, -0.15) is 31.6 Å². The number of hydrogen-bond donors (Lipinski definition) is 0. The molecule has 0 aliphatic carbocycles. The molecular weight excluding hydrogens is 751 g/mol. The molecule has 0 aromatic heterocycles. The Morgan fingerprint density at radius 3 is 0.705 bits per heavy atom. The number of benzene rings is 7. The number of allylic oxidation sites excluding steroid dienone is 4. The first-order chi connectivity index (χ1) is 30.0. The van der Waals surface area contributed by atoms with Gasteiger partial charge in [-0.25, -0.2) is 0 Å². The van der Waals surface area contributed by atoms with Gasteiger partial charge >= 0.3 is 0 Å². The van der Waals surface area contributed by atoms with Crippen LogP contribution < -0.4 is 14.7 Å². The van der Waals surface area contributed by atoms with E-state index >= 15 is 0 Å². The third kappa shape index (κ3) is 8.41. The van der Waals surface area contributed by atoms with Crippen LogP contribution in [0.1, 0.15) is 11.1 Å². The van der Waals surface area contributed by atoms with Gasteiger partial charge < -0.3 is 14.7 Å². The van der Waals surface area contributed by atoms with Gasteiger partial charge in [0.25, 0.3) is 0 Å². The second kappa shape index (κ2) is 18.5. The zero-order chi connectivity index (χ0) is 42.6. The molecule has 7 rings (SSSR count). The second-order valence-corrected chi connectivity index (χ2v) is 13.3. The van der Waals surface area contributed by atoms with Crippen molar-refractivity contribution in [1.29, 1.82) is 31.6 Å². The normalized spacial score (nSPS) is 9.87. The van der Waals surface area contributed by atoms with Gasteiger partial charge in [-0.3, -0.25) is 0 Å². The van der Waals surface area contributed by atoms with Gasteiger partial charge in [0.15, 0.2) is 0 Å². The van der Waals surface area contributed by atoms with Crippen molar-refractivity contribution in [2.45, 2.75) is 0 Å². The summed E-state index contributed by atoms with van der Waals surface area (Å²) in [4.78, 5) is 6.37. The number of para-hydroxylation sites is 4. The molecule has 9 nitrogen and oxygen atoms in total. The third-order valence-corrected chi connectivity index (χ3v) is 9.72. The van der Waals surface area contributed by atoms with Crippen LogP contribution in [0.4, 0.5) is 51.2 Å². The summed E-state index contributed by atoms with van der Waals surface area (Å²) in [5.74, 6) is 0. The first-order valence-corrected chi connectivity index (χ1v) is 18.9. The molecular formula is C52H31N9. The summed E-state index contributed by atoms with van der Waals surface area (Å²) >= 11 is 0. The molecule has 0 atom stereocenters. The summed E-state index contributed by atoms with van der Waals surface area (Å²) < 4.78 is 0. The van der Waals surface area contributed by atoms with Crippen molar-refractivity contribution in [3.05, 3.63) is 210 Å². The van der Waals surface area contributed by atoms with Gasteiger partial charge in [0.2, 0.25) is 0 Å². The summed E-state index contributed by atoms with van der Waals surface area (Å²) in [6.45, 7) is 0. The number of hydrogen-bond acceptors (Lipinski definition) is 9. The Bertz CT molecular complexity index is 2770.